The number of nitrogens with one attached hydrogen (secondary N) is 1. The van der Waals surface area contributed by atoms with Crippen LogP contribution in [0.1, 0.15) is 38.8 Å². The van der Waals surface area contributed by atoms with Gasteiger partial charge in [-0.15, -0.1) is 22.0 Å². The van der Waals surface area contributed by atoms with E-state index in [0.29, 0.717) is 29.4 Å². The van der Waals surface area contributed by atoms with Crippen LogP contribution < -0.4 is 15.0 Å². The Morgan fingerprint density at radius 3 is 2.62 bits per heavy atom. The average molecular weight is 469 g/mol. The fourth-order valence-corrected chi connectivity index (χ4v) is 5.09. The minimum atomic E-state index is -0.309. The van der Waals surface area contributed by atoms with Gasteiger partial charge in [-0.05, 0) is 61.6 Å². The molecule has 166 valence electrons. The highest BCUT2D eigenvalue weighted by molar-refractivity contribution is 7.98. The standard InChI is InChI=1S/C23H24N4O3S2/c1-13-7-14(2)9-16(8-13)27-12-15(10-20(27)28)22-25-26-23(32-22)24-21(29)18-6-5-17(31-4)11-19(18)30-3/h5-9,11,15H,10,12H2,1-4H3,(H,24,26,29). The molecule has 1 atom stereocenters. The van der Waals surface area contributed by atoms with Crippen molar-refractivity contribution in [2.24, 2.45) is 0 Å². The third-order valence-corrected chi connectivity index (χ3v) is 7.03. The number of nitrogens with zero attached hydrogens (tertiary/aromatic N) is 3. The van der Waals surface area contributed by atoms with E-state index in [2.05, 4.69) is 21.6 Å². The molecule has 1 saturated heterocycles. The predicted molar refractivity (Wildman–Crippen MR) is 128 cm³/mol. The van der Waals surface area contributed by atoms with Gasteiger partial charge in [0.2, 0.25) is 11.0 Å². The summed E-state index contributed by atoms with van der Waals surface area (Å²) in [6.07, 6.45) is 2.34. The van der Waals surface area contributed by atoms with E-state index in [1.165, 1.54) is 18.4 Å². The molecule has 1 unspecified atom stereocenters. The summed E-state index contributed by atoms with van der Waals surface area (Å²) >= 11 is 2.88. The summed E-state index contributed by atoms with van der Waals surface area (Å²) in [7, 11) is 1.54. The normalized spacial score (nSPS) is 15.8. The molecule has 2 heterocycles. The Hall–Kier alpha value is -2.91. The third kappa shape index (κ3) is 4.63. The number of methoxy groups -OCH3 is 1. The molecule has 9 heteroatoms. The number of carbonyl (C=O) groups excluding carboxylic acids is 2. The Bertz CT molecular complexity index is 1160. The van der Waals surface area contributed by atoms with Gasteiger partial charge in [0, 0.05) is 29.5 Å². The van der Waals surface area contributed by atoms with E-state index >= 15 is 0 Å². The van der Waals surface area contributed by atoms with Gasteiger partial charge in [-0.2, -0.15) is 0 Å². The Labute approximate surface area is 195 Å². The second-order valence-corrected chi connectivity index (χ2v) is 9.61. The molecular weight excluding hydrogens is 444 g/mol. The fraction of sp³-hybridized carbons (Fsp3) is 0.304. The second-order valence-electron chi connectivity index (χ2n) is 7.72. The van der Waals surface area contributed by atoms with E-state index in [9.17, 15) is 9.59 Å². The van der Waals surface area contributed by atoms with Gasteiger partial charge in [0.1, 0.15) is 10.8 Å². The molecule has 4 rings (SSSR count). The zero-order chi connectivity index (χ0) is 22.8. The van der Waals surface area contributed by atoms with Gasteiger partial charge in [-0.1, -0.05) is 17.4 Å². The molecule has 3 aromatic rings. The number of anilines is 2. The first-order chi connectivity index (χ1) is 15.4. The van der Waals surface area contributed by atoms with E-state index < -0.39 is 0 Å². The van der Waals surface area contributed by atoms with Gasteiger partial charge in [-0.25, -0.2) is 0 Å². The Balaban J connectivity index is 1.47. The molecular formula is C23H24N4O3S2. The fourth-order valence-electron chi connectivity index (χ4n) is 3.83. The van der Waals surface area contributed by atoms with E-state index in [1.807, 2.05) is 49.3 Å². The average Bonchev–Trinajstić information content (AvgIpc) is 3.39. The molecule has 0 saturated carbocycles. The number of ether oxygens (including phenoxy) is 1. The minimum absolute atomic E-state index is 0.0538. The molecule has 1 aromatic heterocycles. The van der Waals surface area contributed by atoms with Gasteiger partial charge >= 0.3 is 0 Å². The molecule has 0 bridgehead atoms. The van der Waals surface area contributed by atoms with E-state index in [0.717, 1.165) is 26.7 Å². The van der Waals surface area contributed by atoms with Crippen molar-refractivity contribution in [3.05, 3.63) is 58.1 Å². The van der Waals surface area contributed by atoms with Gasteiger partial charge in [0.15, 0.2) is 0 Å². The first-order valence-corrected chi connectivity index (χ1v) is 12.2. The van der Waals surface area contributed by atoms with Crippen molar-refractivity contribution < 1.29 is 14.3 Å². The molecule has 32 heavy (non-hydrogen) atoms. The molecule has 1 N–H and O–H groups in total. The molecule has 0 radical (unpaired) electrons. The van der Waals surface area contributed by atoms with Crippen LogP contribution in [0.25, 0.3) is 0 Å². The number of hydrogen-bond acceptors (Lipinski definition) is 7. The second kappa shape index (κ2) is 9.30. The Morgan fingerprint density at radius 2 is 1.94 bits per heavy atom. The summed E-state index contributed by atoms with van der Waals surface area (Å²) in [5.74, 6) is 0.211. The van der Waals surface area contributed by atoms with Crippen LogP contribution in [-0.4, -0.2) is 41.9 Å². The molecule has 2 amide bonds. The van der Waals surface area contributed by atoms with Gasteiger partial charge < -0.3 is 9.64 Å². The van der Waals surface area contributed by atoms with Crippen LogP contribution in [0.3, 0.4) is 0 Å². The topological polar surface area (TPSA) is 84.4 Å². The number of carbonyl (C=O) groups is 2. The molecule has 0 aliphatic carbocycles. The van der Waals surface area contributed by atoms with Crippen LogP contribution in [0, 0.1) is 13.8 Å². The summed E-state index contributed by atoms with van der Waals surface area (Å²) < 4.78 is 5.37. The number of rotatable bonds is 6. The van der Waals surface area contributed by atoms with Gasteiger partial charge in [0.05, 0.1) is 12.7 Å². The molecule has 7 nitrogen and oxygen atoms in total. The van der Waals surface area contributed by atoms with Crippen molar-refractivity contribution in [2.45, 2.75) is 31.1 Å². The van der Waals surface area contributed by atoms with Crippen molar-refractivity contribution in [3.63, 3.8) is 0 Å². The SMILES string of the molecule is COc1cc(SC)ccc1C(=O)Nc1nnc(C2CC(=O)N(c3cc(C)cc(C)c3)C2)s1. The first-order valence-electron chi connectivity index (χ1n) is 10.1. The summed E-state index contributed by atoms with van der Waals surface area (Å²) in [6, 6.07) is 11.6. The third-order valence-electron chi connectivity index (χ3n) is 5.31. The largest absolute Gasteiger partial charge is 0.496 e. The van der Waals surface area contributed by atoms with Crippen molar-refractivity contribution in [3.8, 4) is 5.75 Å². The van der Waals surface area contributed by atoms with Crippen molar-refractivity contribution in [1.82, 2.24) is 10.2 Å². The summed E-state index contributed by atoms with van der Waals surface area (Å²) in [4.78, 5) is 28.2. The lowest BCUT2D eigenvalue weighted by atomic mass is 10.1. The lowest BCUT2D eigenvalue weighted by Crippen LogP contribution is -2.24. The summed E-state index contributed by atoms with van der Waals surface area (Å²) in [5.41, 5.74) is 3.59. The maximum absolute atomic E-state index is 12.8. The van der Waals surface area contributed by atoms with Gasteiger partial charge in [0.25, 0.3) is 5.91 Å². The van der Waals surface area contributed by atoms with Crippen LogP contribution >= 0.6 is 23.1 Å². The predicted octanol–water partition coefficient (Wildman–Crippen LogP) is 4.66. The number of thioether (sulfide) groups is 1. The number of benzene rings is 2. The molecule has 1 fully saturated rings. The maximum Gasteiger partial charge on any atom is 0.261 e. The van der Waals surface area contributed by atoms with Gasteiger partial charge in [-0.3, -0.25) is 14.9 Å². The maximum atomic E-state index is 12.8. The van der Waals surface area contributed by atoms with Crippen LogP contribution in [0.2, 0.25) is 0 Å². The highest BCUT2D eigenvalue weighted by Gasteiger charge is 2.34. The number of aryl methyl sites for hydroxylation is 2. The zero-order valence-electron chi connectivity index (χ0n) is 18.3. The first kappa shape index (κ1) is 22.3. The van der Waals surface area contributed by atoms with E-state index in [-0.39, 0.29) is 17.7 Å². The summed E-state index contributed by atoms with van der Waals surface area (Å²) in [6.45, 7) is 4.60. The molecule has 2 aromatic carbocycles. The van der Waals surface area contributed by atoms with Crippen LogP contribution in [-0.2, 0) is 4.79 Å². The minimum Gasteiger partial charge on any atom is -0.496 e. The lowest BCUT2D eigenvalue weighted by Gasteiger charge is -2.17. The summed E-state index contributed by atoms with van der Waals surface area (Å²) in [5, 5.41) is 12.3. The highest BCUT2D eigenvalue weighted by atomic mass is 32.2. The molecule has 1 aliphatic rings. The Kier molecular flexibility index (Phi) is 6.48. The highest BCUT2D eigenvalue weighted by Crippen LogP contribution is 2.35. The zero-order valence-corrected chi connectivity index (χ0v) is 20.0. The van der Waals surface area contributed by atoms with Crippen molar-refractivity contribution in [2.75, 3.05) is 30.1 Å². The van der Waals surface area contributed by atoms with E-state index in [1.54, 1.807) is 17.8 Å². The van der Waals surface area contributed by atoms with Crippen LogP contribution in [0.5, 0.6) is 5.75 Å². The van der Waals surface area contributed by atoms with Crippen molar-refractivity contribution in [1.29, 1.82) is 0 Å². The molecule has 1 aliphatic heterocycles. The Morgan fingerprint density at radius 1 is 1.19 bits per heavy atom. The quantitative estimate of drug-likeness (QED) is 0.530. The monoisotopic (exact) mass is 468 g/mol. The molecule has 0 spiro atoms. The number of amides is 2. The number of aromatic nitrogens is 2. The smallest absolute Gasteiger partial charge is 0.261 e. The van der Waals surface area contributed by atoms with Crippen LogP contribution in [0.15, 0.2) is 41.3 Å². The van der Waals surface area contributed by atoms with Crippen LogP contribution in [0.4, 0.5) is 10.8 Å². The number of hydrogen-bond donors (Lipinski definition) is 1. The van der Waals surface area contributed by atoms with Crippen molar-refractivity contribution >= 4 is 45.7 Å². The van der Waals surface area contributed by atoms with E-state index in [4.69, 9.17) is 4.74 Å². The lowest BCUT2D eigenvalue weighted by molar-refractivity contribution is -0.117.